The van der Waals surface area contributed by atoms with Crippen LogP contribution in [0.4, 0.5) is 0 Å². The number of hydrogen-bond donors (Lipinski definition) is 2. The van der Waals surface area contributed by atoms with Crippen molar-refractivity contribution < 1.29 is 10.2 Å². The van der Waals surface area contributed by atoms with Crippen molar-refractivity contribution in [1.29, 1.82) is 0 Å². The van der Waals surface area contributed by atoms with Crippen molar-refractivity contribution in [2.45, 2.75) is 33.1 Å². The van der Waals surface area contributed by atoms with Crippen LogP contribution in [-0.4, -0.2) is 48.0 Å². The molecule has 1 aliphatic heterocycles. The van der Waals surface area contributed by atoms with E-state index in [4.69, 9.17) is 5.11 Å². The quantitative estimate of drug-likeness (QED) is 0.697. The molecule has 2 atom stereocenters. The highest BCUT2D eigenvalue weighted by molar-refractivity contribution is 4.82. The standard InChI is InChI=1S/C12H25NO2/c1-3-12(2,10-15)9-13-6-4-11(8-13)5-7-14/h11,14-15H,3-10H2,1-2H3. The van der Waals surface area contributed by atoms with Crippen LogP contribution in [0.15, 0.2) is 0 Å². The molecule has 3 heteroatoms. The fraction of sp³-hybridized carbons (Fsp3) is 1.00. The highest BCUT2D eigenvalue weighted by Crippen LogP contribution is 2.26. The highest BCUT2D eigenvalue weighted by atomic mass is 16.3. The monoisotopic (exact) mass is 215 g/mol. The van der Waals surface area contributed by atoms with Gasteiger partial charge in [0.15, 0.2) is 0 Å². The highest BCUT2D eigenvalue weighted by Gasteiger charge is 2.29. The van der Waals surface area contributed by atoms with Crippen LogP contribution in [0.2, 0.25) is 0 Å². The third-order valence-corrected chi connectivity index (χ3v) is 3.75. The second kappa shape index (κ2) is 5.83. The van der Waals surface area contributed by atoms with E-state index in [1.807, 2.05) is 0 Å². The van der Waals surface area contributed by atoms with Crippen LogP contribution < -0.4 is 0 Å². The van der Waals surface area contributed by atoms with Crippen LogP contribution in [0.5, 0.6) is 0 Å². The lowest BCUT2D eigenvalue weighted by atomic mass is 9.88. The van der Waals surface area contributed by atoms with Gasteiger partial charge in [-0.05, 0) is 31.7 Å². The molecule has 2 unspecified atom stereocenters. The van der Waals surface area contributed by atoms with Gasteiger partial charge < -0.3 is 15.1 Å². The van der Waals surface area contributed by atoms with Crippen LogP contribution in [-0.2, 0) is 0 Å². The Balaban J connectivity index is 2.34. The van der Waals surface area contributed by atoms with Gasteiger partial charge in [-0.15, -0.1) is 0 Å². The Labute approximate surface area is 93.1 Å². The van der Waals surface area contributed by atoms with E-state index in [1.165, 1.54) is 6.42 Å². The lowest BCUT2D eigenvalue weighted by molar-refractivity contribution is 0.0927. The van der Waals surface area contributed by atoms with E-state index >= 15 is 0 Å². The minimum atomic E-state index is 0.0497. The molecule has 0 spiro atoms. The van der Waals surface area contributed by atoms with Gasteiger partial charge in [-0.25, -0.2) is 0 Å². The molecule has 0 bridgehead atoms. The Hall–Kier alpha value is -0.120. The topological polar surface area (TPSA) is 43.7 Å². The number of likely N-dealkylation sites (tertiary alicyclic amines) is 1. The molecule has 0 aromatic carbocycles. The Morgan fingerprint density at radius 1 is 1.40 bits per heavy atom. The molecule has 15 heavy (non-hydrogen) atoms. The van der Waals surface area contributed by atoms with Crippen molar-refractivity contribution in [2.24, 2.45) is 11.3 Å². The van der Waals surface area contributed by atoms with Crippen LogP contribution in [0, 0.1) is 11.3 Å². The zero-order valence-electron chi connectivity index (χ0n) is 10.1. The molecular formula is C12H25NO2. The molecule has 1 aliphatic rings. The first kappa shape index (κ1) is 12.9. The molecular weight excluding hydrogens is 190 g/mol. The molecule has 1 rings (SSSR count). The molecule has 1 fully saturated rings. The first-order valence-electron chi connectivity index (χ1n) is 6.07. The Kier molecular flexibility index (Phi) is 5.03. The van der Waals surface area contributed by atoms with E-state index in [2.05, 4.69) is 18.7 Å². The van der Waals surface area contributed by atoms with Crippen LogP contribution in [0.25, 0.3) is 0 Å². The van der Waals surface area contributed by atoms with Crippen molar-refractivity contribution in [3.63, 3.8) is 0 Å². The van der Waals surface area contributed by atoms with Gasteiger partial charge >= 0.3 is 0 Å². The Bertz CT molecular complexity index is 180. The summed E-state index contributed by atoms with van der Waals surface area (Å²) in [5.41, 5.74) is 0.0497. The molecule has 0 aliphatic carbocycles. The van der Waals surface area contributed by atoms with Gasteiger partial charge in [0.25, 0.3) is 0 Å². The number of aliphatic hydroxyl groups excluding tert-OH is 2. The largest absolute Gasteiger partial charge is 0.396 e. The minimum Gasteiger partial charge on any atom is -0.396 e. The maximum Gasteiger partial charge on any atom is 0.0496 e. The minimum absolute atomic E-state index is 0.0497. The average molecular weight is 215 g/mol. The van der Waals surface area contributed by atoms with Crippen molar-refractivity contribution in [1.82, 2.24) is 4.90 Å². The summed E-state index contributed by atoms with van der Waals surface area (Å²) in [5.74, 6) is 0.662. The molecule has 1 saturated heterocycles. The summed E-state index contributed by atoms with van der Waals surface area (Å²) >= 11 is 0. The first-order valence-corrected chi connectivity index (χ1v) is 6.07. The number of aliphatic hydroxyl groups is 2. The van der Waals surface area contributed by atoms with Crippen LogP contribution >= 0.6 is 0 Å². The lowest BCUT2D eigenvalue weighted by Crippen LogP contribution is -2.36. The maximum absolute atomic E-state index is 9.35. The van der Waals surface area contributed by atoms with Crippen molar-refractivity contribution in [2.75, 3.05) is 32.8 Å². The molecule has 0 amide bonds. The number of rotatable bonds is 6. The van der Waals surface area contributed by atoms with E-state index < -0.39 is 0 Å². The van der Waals surface area contributed by atoms with Crippen LogP contribution in [0.3, 0.4) is 0 Å². The van der Waals surface area contributed by atoms with Crippen molar-refractivity contribution in [3.05, 3.63) is 0 Å². The molecule has 90 valence electrons. The number of nitrogens with zero attached hydrogens (tertiary/aromatic N) is 1. The van der Waals surface area contributed by atoms with E-state index in [9.17, 15) is 5.11 Å². The van der Waals surface area contributed by atoms with Gasteiger partial charge in [0, 0.05) is 31.7 Å². The molecule has 1 heterocycles. The first-order chi connectivity index (χ1) is 7.13. The van der Waals surface area contributed by atoms with Gasteiger partial charge in [0.05, 0.1) is 0 Å². The SMILES string of the molecule is CCC(C)(CO)CN1CCC(CCO)C1. The van der Waals surface area contributed by atoms with Gasteiger partial charge in [-0.3, -0.25) is 0 Å². The zero-order chi connectivity index (χ0) is 11.3. The normalized spacial score (nSPS) is 26.8. The van der Waals surface area contributed by atoms with E-state index in [0.29, 0.717) is 12.5 Å². The summed E-state index contributed by atoms with van der Waals surface area (Å²) in [4.78, 5) is 2.43. The van der Waals surface area contributed by atoms with Gasteiger partial charge in [-0.1, -0.05) is 13.8 Å². The second-order valence-electron chi connectivity index (χ2n) is 5.22. The summed E-state index contributed by atoms with van der Waals surface area (Å²) in [6, 6.07) is 0. The molecule has 0 saturated carbocycles. The fourth-order valence-electron chi connectivity index (χ4n) is 2.29. The summed E-state index contributed by atoms with van der Waals surface area (Å²) in [6.45, 7) is 8.07. The predicted molar refractivity (Wildman–Crippen MR) is 61.7 cm³/mol. The van der Waals surface area contributed by atoms with Crippen molar-refractivity contribution >= 4 is 0 Å². The van der Waals surface area contributed by atoms with Gasteiger partial charge in [0.2, 0.25) is 0 Å². The zero-order valence-corrected chi connectivity index (χ0v) is 10.1. The third kappa shape index (κ3) is 3.74. The second-order valence-corrected chi connectivity index (χ2v) is 5.22. The molecule has 0 aromatic heterocycles. The van der Waals surface area contributed by atoms with Crippen LogP contribution in [0.1, 0.15) is 33.1 Å². The maximum atomic E-state index is 9.35. The van der Waals surface area contributed by atoms with Gasteiger partial charge in [-0.2, -0.15) is 0 Å². The Morgan fingerprint density at radius 2 is 2.13 bits per heavy atom. The third-order valence-electron chi connectivity index (χ3n) is 3.75. The molecule has 3 nitrogen and oxygen atoms in total. The fourth-order valence-corrected chi connectivity index (χ4v) is 2.29. The molecule has 2 N–H and O–H groups in total. The van der Waals surface area contributed by atoms with E-state index in [-0.39, 0.29) is 12.0 Å². The molecule has 0 aromatic rings. The van der Waals surface area contributed by atoms with E-state index in [0.717, 1.165) is 32.5 Å². The number of hydrogen-bond acceptors (Lipinski definition) is 3. The summed E-state index contributed by atoms with van der Waals surface area (Å²) in [5, 5.41) is 18.2. The predicted octanol–water partition coefficient (Wildman–Crippen LogP) is 1.10. The molecule has 0 radical (unpaired) electrons. The van der Waals surface area contributed by atoms with E-state index in [1.54, 1.807) is 0 Å². The van der Waals surface area contributed by atoms with Crippen molar-refractivity contribution in [3.8, 4) is 0 Å². The van der Waals surface area contributed by atoms with Gasteiger partial charge in [0.1, 0.15) is 0 Å². The lowest BCUT2D eigenvalue weighted by Gasteiger charge is -2.31. The summed E-state index contributed by atoms with van der Waals surface area (Å²) in [6.07, 6.45) is 3.15. The average Bonchev–Trinajstić information content (AvgIpc) is 2.66. The summed E-state index contributed by atoms with van der Waals surface area (Å²) < 4.78 is 0. The summed E-state index contributed by atoms with van der Waals surface area (Å²) in [7, 11) is 0. The smallest absolute Gasteiger partial charge is 0.0496 e. The Morgan fingerprint density at radius 3 is 2.67 bits per heavy atom.